The Hall–Kier alpha value is -1.94. The topological polar surface area (TPSA) is 237 Å². The SMILES string of the molecule is CC(C)CCCCCCCCCCCCCCCCCC(=O)O[C@H](COC(=O)CCCCCCCCC(C)C)COP(=O)(O)OCC(O)COP(=O)(O)OC[C@@H](COC(=O)CCCCCCCCCCCCCCCC(C)C)OC(=O)CCCCCCCCCCCCCCCC(C)C. The van der Waals surface area contributed by atoms with Crippen molar-refractivity contribution in [2.45, 2.75) is 427 Å². The number of carbonyl (C=O) groups is 4. The summed E-state index contributed by atoms with van der Waals surface area (Å²) in [5, 5.41) is 10.6. The van der Waals surface area contributed by atoms with Crippen LogP contribution in [-0.2, 0) is 65.4 Å². The minimum atomic E-state index is -4.96. The number of hydrogen-bond acceptors (Lipinski definition) is 15. The molecule has 3 unspecified atom stereocenters. The Morgan fingerprint density at radius 2 is 0.424 bits per heavy atom. The van der Waals surface area contributed by atoms with Gasteiger partial charge in [0.15, 0.2) is 12.2 Å². The number of phosphoric ester groups is 2. The Morgan fingerprint density at radius 3 is 0.626 bits per heavy atom. The lowest BCUT2D eigenvalue weighted by Gasteiger charge is -2.21. The van der Waals surface area contributed by atoms with E-state index in [0.717, 1.165) is 114 Å². The van der Waals surface area contributed by atoms with Gasteiger partial charge >= 0.3 is 39.5 Å². The fourth-order valence-corrected chi connectivity index (χ4v) is 13.8. The summed E-state index contributed by atoms with van der Waals surface area (Å²) in [5.74, 6) is 0.943. The first-order valence-corrected chi connectivity index (χ1v) is 44.2. The van der Waals surface area contributed by atoms with E-state index in [1.54, 1.807) is 0 Å². The number of ether oxygens (including phenoxy) is 4. The standard InChI is InChI=1S/C80H156O17P2/c1-70(2)56-48-40-32-26-20-14-10-9-11-17-24-30-36-46-54-62-80(85)97-76(67-91-78(83)61-53-45-39-38-43-51-59-73(7)8)69-95-99(88,89)93-65-74(81)64-92-98(86,87)94-68-75(96-79(84)63-55-47-37-31-25-19-13-16-22-28-34-42-50-58-72(5)6)66-90-77(82)60-52-44-35-29-23-18-12-15-21-27-33-41-49-57-71(3)4/h70-76,81H,9-69H2,1-8H3,(H,86,87)(H,88,89)/t74?,75-,76-/m1/s1. The molecule has 5 atom stereocenters. The van der Waals surface area contributed by atoms with Gasteiger partial charge < -0.3 is 33.8 Å². The van der Waals surface area contributed by atoms with E-state index in [2.05, 4.69) is 55.4 Å². The lowest BCUT2D eigenvalue weighted by molar-refractivity contribution is -0.161. The van der Waals surface area contributed by atoms with E-state index in [1.165, 1.54) is 205 Å². The zero-order valence-electron chi connectivity index (χ0n) is 65.1. The average molecular weight is 1450 g/mol. The average Bonchev–Trinajstić information content (AvgIpc) is 1.42. The van der Waals surface area contributed by atoms with Crippen LogP contribution in [0.15, 0.2) is 0 Å². The molecule has 0 saturated heterocycles. The van der Waals surface area contributed by atoms with Gasteiger partial charge in [0.05, 0.1) is 26.4 Å². The highest BCUT2D eigenvalue weighted by atomic mass is 31.2. The molecule has 0 amide bonds. The van der Waals surface area contributed by atoms with Crippen LogP contribution in [0.3, 0.4) is 0 Å². The largest absolute Gasteiger partial charge is 0.472 e. The number of rotatable bonds is 77. The van der Waals surface area contributed by atoms with Crippen molar-refractivity contribution in [1.82, 2.24) is 0 Å². The van der Waals surface area contributed by atoms with E-state index < -0.39 is 97.5 Å². The smallest absolute Gasteiger partial charge is 0.462 e. The van der Waals surface area contributed by atoms with Gasteiger partial charge in [0.25, 0.3) is 0 Å². The minimum absolute atomic E-state index is 0.106. The molecule has 0 rings (SSSR count). The molecule has 0 saturated carbocycles. The van der Waals surface area contributed by atoms with Gasteiger partial charge in [-0.3, -0.25) is 37.3 Å². The van der Waals surface area contributed by atoms with E-state index in [1.807, 2.05) is 0 Å². The molecule has 19 heteroatoms. The zero-order chi connectivity index (χ0) is 73.1. The summed E-state index contributed by atoms with van der Waals surface area (Å²) in [5.41, 5.74) is 0. The number of unbranched alkanes of at least 4 members (excludes halogenated alkanes) is 43. The van der Waals surface area contributed by atoms with Gasteiger partial charge in [0, 0.05) is 25.7 Å². The summed E-state index contributed by atoms with van der Waals surface area (Å²) < 4.78 is 68.7. The summed E-state index contributed by atoms with van der Waals surface area (Å²) in [4.78, 5) is 73.0. The van der Waals surface area contributed by atoms with E-state index in [-0.39, 0.29) is 25.7 Å². The van der Waals surface area contributed by atoms with Gasteiger partial charge in [-0.25, -0.2) is 9.13 Å². The number of aliphatic hydroxyl groups is 1. The number of esters is 4. The Labute approximate surface area is 607 Å². The monoisotopic (exact) mass is 1450 g/mol. The van der Waals surface area contributed by atoms with Gasteiger partial charge in [-0.05, 0) is 49.4 Å². The van der Waals surface area contributed by atoms with Crippen LogP contribution in [0.2, 0.25) is 0 Å². The highest BCUT2D eigenvalue weighted by molar-refractivity contribution is 7.47. The lowest BCUT2D eigenvalue weighted by atomic mass is 10.0. The van der Waals surface area contributed by atoms with Crippen LogP contribution in [-0.4, -0.2) is 96.7 Å². The maximum absolute atomic E-state index is 13.1. The third kappa shape index (κ3) is 74.1. The van der Waals surface area contributed by atoms with Gasteiger partial charge in [-0.2, -0.15) is 0 Å². The van der Waals surface area contributed by atoms with Gasteiger partial charge in [-0.1, -0.05) is 357 Å². The number of carbonyl (C=O) groups excluding carboxylic acids is 4. The predicted octanol–water partition coefficient (Wildman–Crippen LogP) is 23.6. The quantitative estimate of drug-likeness (QED) is 0.0222. The first-order chi connectivity index (χ1) is 47.6. The van der Waals surface area contributed by atoms with Gasteiger partial charge in [-0.15, -0.1) is 0 Å². The van der Waals surface area contributed by atoms with E-state index in [0.29, 0.717) is 31.6 Å². The number of phosphoric acid groups is 2. The highest BCUT2D eigenvalue weighted by Crippen LogP contribution is 2.45. The summed E-state index contributed by atoms with van der Waals surface area (Å²) >= 11 is 0. The third-order valence-electron chi connectivity index (χ3n) is 18.6. The lowest BCUT2D eigenvalue weighted by Crippen LogP contribution is -2.30. The molecule has 0 radical (unpaired) electrons. The van der Waals surface area contributed by atoms with Crippen molar-refractivity contribution in [2.24, 2.45) is 23.7 Å². The molecule has 0 heterocycles. The molecule has 588 valence electrons. The van der Waals surface area contributed by atoms with Crippen LogP contribution in [0.5, 0.6) is 0 Å². The van der Waals surface area contributed by atoms with Crippen molar-refractivity contribution in [2.75, 3.05) is 39.6 Å². The maximum atomic E-state index is 13.1. The van der Waals surface area contributed by atoms with Crippen molar-refractivity contribution < 1.29 is 80.2 Å². The highest BCUT2D eigenvalue weighted by Gasteiger charge is 2.30. The van der Waals surface area contributed by atoms with Gasteiger partial charge in [0.2, 0.25) is 0 Å². The Bertz CT molecular complexity index is 1940. The number of aliphatic hydroxyl groups excluding tert-OH is 1. The van der Waals surface area contributed by atoms with Crippen LogP contribution in [0, 0.1) is 23.7 Å². The Balaban J connectivity index is 5.23. The molecule has 0 bridgehead atoms. The fourth-order valence-electron chi connectivity index (χ4n) is 12.3. The summed E-state index contributed by atoms with van der Waals surface area (Å²) in [6.07, 6.45) is 55.6. The molecule has 99 heavy (non-hydrogen) atoms. The van der Waals surface area contributed by atoms with E-state index >= 15 is 0 Å². The molecular weight excluding hydrogens is 1290 g/mol. The molecule has 17 nitrogen and oxygen atoms in total. The molecule has 0 aromatic rings. The Morgan fingerprint density at radius 1 is 0.253 bits per heavy atom. The van der Waals surface area contributed by atoms with Crippen LogP contribution in [0.25, 0.3) is 0 Å². The van der Waals surface area contributed by atoms with Crippen molar-refractivity contribution in [3.05, 3.63) is 0 Å². The van der Waals surface area contributed by atoms with Crippen LogP contribution in [0.1, 0.15) is 409 Å². The fraction of sp³-hybridized carbons (Fsp3) is 0.950. The molecule has 0 aromatic carbocycles. The second kappa shape index (κ2) is 69.1. The molecule has 0 spiro atoms. The molecule has 3 N–H and O–H groups in total. The summed E-state index contributed by atoms with van der Waals surface area (Å²) in [6.45, 7) is 14.2. The first kappa shape index (κ1) is 97.1. The second-order valence-electron chi connectivity index (χ2n) is 30.7. The Kier molecular flexibility index (Phi) is 67.8. The van der Waals surface area contributed by atoms with Crippen molar-refractivity contribution in [1.29, 1.82) is 0 Å². The predicted molar refractivity (Wildman–Crippen MR) is 404 cm³/mol. The molecule has 0 aliphatic carbocycles. The minimum Gasteiger partial charge on any atom is -0.462 e. The second-order valence-corrected chi connectivity index (χ2v) is 33.6. The molecule has 0 aliphatic heterocycles. The zero-order valence-corrected chi connectivity index (χ0v) is 66.9. The first-order valence-electron chi connectivity index (χ1n) is 41.2. The molecule has 0 fully saturated rings. The molecular formula is C80H156O17P2. The normalized spacial score (nSPS) is 14.1. The summed E-state index contributed by atoms with van der Waals surface area (Å²) in [7, 11) is -9.92. The number of hydrogen-bond donors (Lipinski definition) is 3. The maximum Gasteiger partial charge on any atom is 0.472 e. The van der Waals surface area contributed by atoms with Crippen LogP contribution < -0.4 is 0 Å². The van der Waals surface area contributed by atoms with E-state index in [9.17, 15) is 43.2 Å². The molecule has 0 aliphatic rings. The van der Waals surface area contributed by atoms with Crippen LogP contribution >= 0.6 is 15.6 Å². The van der Waals surface area contributed by atoms with Crippen LogP contribution in [0.4, 0.5) is 0 Å². The van der Waals surface area contributed by atoms with Crippen molar-refractivity contribution >= 4 is 39.5 Å². The van der Waals surface area contributed by atoms with Crippen molar-refractivity contribution in [3.63, 3.8) is 0 Å². The third-order valence-corrected chi connectivity index (χ3v) is 20.5. The van der Waals surface area contributed by atoms with Gasteiger partial charge in [0.1, 0.15) is 19.3 Å². The van der Waals surface area contributed by atoms with Crippen molar-refractivity contribution in [3.8, 4) is 0 Å². The molecule has 0 aromatic heterocycles. The van der Waals surface area contributed by atoms with E-state index in [4.69, 9.17) is 37.0 Å². The summed E-state index contributed by atoms with van der Waals surface area (Å²) in [6, 6.07) is 0.